The third-order valence-electron chi connectivity index (χ3n) is 3.14. The summed E-state index contributed by atoms with van der Waals surface area (Å²) in [5.74, 6) is 0.951. The molecule has 1 aromatic carbocycles. The second-order valence-electron chi connectivity index (χ2n) is 5.16. The van der Waals surface area contributed by atoms with Crippen LogP contribution in [0.3, 0.4) is 0 Å². The van der Waals surface area contributed by atoms with E-state index in [4.69, 9.17) is 15.2 Å². The van der Waals surface area contributed by atoms with Gasteiger partial charge in [-0.15, -0.1) is 0 Å². The first-order valence-corrected chi connectivity index (χ1v) is 5.82. The van der Waals surface area contributed by atoms with E-state index in [-0.39, 0.29) is 17.7 Å². The molecule has 0 spiro atoms. The van der Waals surface area contributed by atoms with E-state index in [1.807, 2.05) is 12.1 Å². The van der Waals surface area contributed by atoms with E-state index in [0.717, 1.165) is 17.7 Å². The number of aliphatic imine (C=N–C) groups is 1. The molecule has 1 unspecified atom stereocenters. The van der Waals surface area contributed by atoms with Crippen LogP contribution in [-0.4, -0.2) is 18.2 Å². The van der Waals surface area contributed by atoms with Gasteiger partial charge in [0.2, 0.25) is 0 Å². The van der Waals surface area contributed by atoms with Crippen LogP contribution in [0.4, 0.5) is 0 Å². The van der Waals surface area contributed by atoms with Gasteiger partial charge in [-0.05, 0) is 19.4 Å². The minimum absolute atomic E-state index is 0.0983. The van der Waals surface area contributed by atoms with Gasteiger partial charge in [0.1, 0.15) is 11.4 Å². The topological polar surface area (TPSA) is 56.8 Å². The van der Waals surface area contributed by atoms with Gasteiger partial charge in [-0.1, -0.05) is 18.2 Å². The van der Waals surface area contributed by atoms with E-state index in [1.54, 1.807) is 0 Å². The van der Waals surface area contributed by atoms with Crippen molar-refractivity contribution < 1.29 is 9.47 Å². The van der Waals surface area contributed by atoms with Crippen LogP contribution in [0, 0.1) is 0 Å². The zero-order valence-corrected chi connectivity index (χ0v) is 10.1. The number of para-hydroxylation sites is 1. The predicted molar refractivity (Wildman–Crippen MR) is 65.2 cm³/mol. The van der Waals surface area contributed by atoms with Crippen LogP contribution in [0.2, 0.25) is 0 Å². The number of amidine groups is 1. The van der Waals surface area contributed by atoms with Crippen LogP contribution in [0.25, 0.3) is 0 Å². The van der Waals surface area contributed by atoms with Gasteiger partial charge in [-0.3, -0.25) is 0 Å². The fraction of sp³-hybridized carbons (Fsp3) is 0.462. The summed E-state index contributed by atoms with van der Waals surface area (Å²) in [6.45, 7) is 4.76. The summed E-state index contributed by atoms with van der Waals surface area (Å²) in [4.78, 5) is 4.07. The van der Waals surface area contributed by atoms with Crippen molar-refractivity contribution in [2.45, 2.75) is 32.0 Å². The van der Waals surface area contributed by atoms with Crippen LogP contribution < -0.4 is 10.5 Å². The Labute approximate surface area is 100 Å². The van der Waals surface area contributed by atoms with E-state index < -0.39 is 0 Å². The molecule has 0 amide bonds. The minimum Gasteiger partial charge on any atom is -0.487 e. The summed E-state index contributed by atoms with van der Waals surface area (Å²) in [5, 5.41) is 0. The number of hydrogen-bond donors (Lipinski definition) is 1. The average molecular weight is 232 g/mol. The molecule has 0 aliphatic carbocycles. The molecule has 3 rings (SSSR count). The third-order valence-corrected chi connectivity index (χ3v) is 3.14. The van der Waals surface area contributed by atoms with Crippen molar-refractivity contribution in [1.29, 1.82) is 0 Å². The first-order chi connectivity index (χ1) is 8.05. The summed E-state index contributed by atoms with van der Waals surface area (Å²) in [7, 11) is 0. The summed E-state index contributed by atoms with van der Waals surface area (Å²) in [6.07, 6.45) is 0.832. The van der Waals surface area contributed by atoms with Crippen LogP contribution in [0.5, 0.6) is 5.75 Å². The number of rotatable bonds is 1. The van der Waals surface area contributed by atoms with Crippen molar-refractivity contribution in [1.82, 2.24) is 0 Å². The number of nitrogens with zero attached hydrogens (tertiary/aromatic N) is 1. The highest BCUT2D eigenvalue weighted by molar-refractivity contribution is 5.73. The zero-order valence-electron chi connectivity index (χ0n) is 10.1. The normalized spacial score (nSPS) is 24.8. The summed E-state index contributed by atoms with van der Waals surface area (Å²) in [5.41, 5.74) is 7.70. The number of ether oxygens (including phenoxy) is 2. The molecule has 2 aliphatic heterocycles. The van der Waals surface area contributed by atoms with Crippen molar-refractivity contribution in [3.63, 3.8) is 0 Å². The summed E-state index contributed by atoms with van der Waals surface area (Å²) in [6, 6.07) is 6.44. The second kappa shape index (κ2) is 3.39. The van der Waals surface area contributed by atoms with Crippen LogP contribution >= 0.6 is 0 Å². The molecule has 0 fully saturated rings. The first kappa shape index (κ1) is 10.4. The maximum Gasteiger partial charge on any atom is 0.282 e. The van der Waals surface area contributed by atoms with Crippen molar-refractivity contribution in [2.24, 2.45) is 10.7 Å². The third kappa shape index (κ3) is 1.73. The molecule has 0 saturated heterocycles. The Kier molecular flexibility index (Phi) is 2.08. The zero-order chi connectivity index (χ0) is 12.0. The Balaban J connectivity index is 1.96. The molecule has 1 atom stereocenters. The highest BCUT2D eigenvalue weighted by Gasteiger charge is 2.34. The van der Waals surface area contributed by atoms with Gasteiger partial charge in [0.15, 0.2) is 6.10 Å². The molecule has 90 valence electrons. The monoisotopic (exact) mass is 232 g/mol. The lowest BCUT2D eigenvalue weighted by atomic mass is 9.99. The summed E-state index contributed by atoms with van der Waals surface area (Å²) >= 11 is 0. The van der Waals surface area contributed by atoms with Gasteiger partial charge in [-0.25, -0.2) is 4.99 Å². The van der Waals surface area contributed by atoms with E-state index >= 15 is 0 Å². The Hall–Kier alpha value is -1.71. The molecule has 0 bridgehead atoms. The van der Waals surface area contributed by atoms with Crippen LogP contribution in [0.1, 0.15) is 31.1 Å². The fourth-order valence-electron chi connectivity index (χ4n) is 2.45. The Morgan fingerprint density at radius 1 is 1.41 bits per heavy atom. The van der Waals surface area contributed by atoms with Gasteiger partial charge in [0, 0.05) is 12.0 Å². The molecular weight excluding hydrogens is 216 g/mol. The molecule has 1 aromatic rings. The molecule has 0 radical (unpaired) electrons. The molecule has 0 saturated carbocycles. The number of hydrogen-bond acceptors (Lipinski definition) is 4. The van der Waals surface area contributed by atoms with Gasteiger partial charge < -0.3 is 15.2 Å². The average Bonchev–Trinajstić information content (AvgIpc) is 2.78. The van der Waals surface area contributed by atoms with Crippen LogP contribution in [0.15, 0.2) is 23.2 Å². The van der Waals surface area contributed by atoms with Crippen LogP contribution in [-0.2, 0) is 11.2 Å². The lowest BCUT2D eigenvalue weighted by Crippen LogP contribution is -2.25. The lowest BCUT2D eigenvalue weighted by molar-refractivity contribution is 0.131. The van der Waals surface area contributed by atoms with Crippen molar-refractivity contribution in [3.05, 3.63) is 29.3 Å². The van der Waals surface area contributed by atoms with Crippen molar-refractivity contribution in [2.75, 3.05) is 6.54 Å². The minimum atomic E-state index is -0.135. The number of benzene rings is 1. The van der Waals surface area contributed by atoms with E-state index in [1.165, 1.54) is 5.56 Å². The van der Waals surface area contributed by atoms with Crippen molar-refractivity contribution >= 4 is 6.02 Å². The fourth-order valence-corrected chi connectivity index (χ4v) is 2.45. The summed E-state index contributed by atoms with van der Waals surface area (Å²) < 4.78 is 11.5. The molecular formula is C13H16N2O2. The smallest absolute Gasteiger partial charge is 0.282 e. The van der Waals surface area contributed by atoms with Gasteiger partial charge >= 0.3 is 0 Å². The lowest BCUT2D eigenvalue weighted by Gasteiger charge is -2.19. The molecule has 2 N–H and O–H groups in total. The first-order valence-electron chi connectivity index (χ1n) is 5.82. The van der Waals surface area contributed by atoms with Crippen molar-refractivity contribution in [3.8, 4) is 5.75 Å². The molecule has 2 heterocycles. The van der Waals surface area contributed by atoms with E-state index in [9.17, 15) is 0 Å². The van der Waals surface area contributed by atoms with Gasteiger partial charge in [0.05, 0.1) is 6.54 Å². The predicted octanol–water partition coefficient (Wildman–Crippen LogP) is 1.79. The second-order valence-corrected chi connectivity index (χ2v) is 5.16. The Morgan fingerprint density at radius 2 is 2.24 bits per heavy atom. The SMILES string of the molecule is CC1(C)Cc2cccc(C3CN=C(N)O3)c2O1. The van der Waals surface area contributed by atoms with Gasteiger partial charge in [0.25, 0.3) is 6.02 Å². The maximum atomic E-state index is 6.00. The molecule has 2 aliphatic rings. The Morgan fingerprint density at radius 3 is 2.94 bits per heavy atom. The maximum absolute atomic E-state index is 6.00. The Bertz CT molecular complexity index is 494. The number of nitrogens with two attached hydrogens (primary N) is 1. The molecule has 17 heavy (non-hydrogen) atoms. The highest BCUT2D eigenvalue weighted by Crippen LogP contribution is 2.41. The van der Waals surface area contributed by atoms with E-state index in [0.29, 0.717) is 6.54 Å². The number of fused-ring (bicyclic) bond motifs is 1. The highest BCUT2D eigenvalue weighted by atomic mass is 16.5. The van der Waals surface area contributed by atoms with E-state index in [2.05, 4.69) is 24.9 Å². The van der Waals surface area contributed by atoms with Gasteiger partial charge in [-0.2, -0.15) is 0 Å². The molecule has 0 aromatic heterocycles. The quantitative estimate of drug-likeness (QED) is 0.803. The molecule has 4 heteroatoms. The standard InChI is InChI=1S/C13H16N2O2/c1-13(2)6-8-4-3-5-9(11(8)17-13)10-7-15-12(14)16-10/h3-5,10H,6-7H2,1-2H3,(H2,14,15). The molecule has 4 nitrogen and oxygen atoms in total. The largest absolute Gasteiger partial charge is 0.487 e.